The average molecular weight is 429 g/mol. The van der Waals surface area contributed by atoms with E-state index in [4.69, 9.17) is 9.47 Å². The summed E-state index contributed by atoms with van der Waals surface area (Å²) in [5.74, 6) is 0.495. The van der Waals surface area contributed by atoms with E-state index in [0.717, 1.165) is 9.99 Å². The van der Waals surface area contributed by atoms with Gasteiger partial charge in [-0.3, -0.25) is 4.79 Å². The second-order valence-corrected chi connectivity index (χ2v) is 5.96. The summed E-state index contributed by atoms with van der Waals surface area (Å²) >= 11 is 2.11. The third-order valence-corrected chi connectivity index (χ3v) is 3.85. The van der Waals surface area contributed by atoms with Crippen molar-refractivity contribution < 1.29 is 18.7 Å². The van der Waals surface area contributed by atoms with Gasteiger partial charge in [0, 0.05) is 11.3 Å². The first-order chi connectivity index (χ1) is 11.0. The molecule has 0 saturated heterocycles. The Hall–Kier alpha value is -1.83. The molecule has 0 aliphatic carbocycles. The molecule has 23 heavy (non-hydrogen) atoms. The summed E-state index contributed by atoms with van der Waals surface area (Å²) in [6.07, 6.45) is 0.881. The molecule has 0 atom stereocenters. The Bertz CT molecular complexity index is 689. The highest BCUT2D eigenvalue weighted by Crippen LogP contribution is 2.34. The molecule has 2 aromatic rings. The van der Waals surface area contributed by atoms with Gasteiger partial charge in [0.2, 0.25) is 0 Å². The zero-order valence-electron chi connectivity index (χ0n) is 12.9. The lowest BCUT2D eigenvalue weighted by Gasteiger charge is -2.14. The fraction of sp³-hybridized carbons (Fsp3) is 0.235. The summed E-state index contributed by atoms with van der Waals surface area (Å²) in [6.45, 7) is 2.59. The van der Waals surface area contributed by atoms with E-state index in [1.165, 1.54) is 31.4 Å². The zero-order chi connectivity index (χ0) is 16.8. The highest BCUT2D eigenvalue weighted by Gasteiger charge is 2.15. The number of methoxy groups -OCH3 is 1. The minimum Gasteiger partial charge on any atom is -0.493 e. The molecular weight excluding hydrogens is 412 g/mol. The van der Waals surface area contributed by atoms with Crippen molar-refractivity contribution in [3.8, 4) is 11.5 Å². The molecule has 0 unspecified atom stereocenters. The Morgan fingerprint density at radius 2 is 1.96 bits per heavy atom. The maximum absolute atomic E-state index is 12.9. The van der Waals surface area contributed by atoms with Gasteiger partial charge in [-0.25, -0.2) is 4.39 Å². The van der Waals surface area contributed by atoms with Crippen LogP contribution in [-0.2, 0) is 0 Å². The Kier molecular flexibility index (Phi) is 6.20. The van der Waals surface area contributed by atoms with Crippen LogP contribution in [-0.4, -0.2) is 19.6 Å². The van der Waals surface area contributed by atoms with Gasteiger partial charge in [-0.05, 0) is 65.4 Å². The van der Waals surface area contributed by atoms with Crippen LogP contribution in [0.2, 0.25) is 0 Å². The summed E-state index contributed by atoms with van der Waals surface area (Å²) in [5.41, 5.74) is 0.969. The number of anilines is 1. The number of benzene rings is 2. The molecule has 0 spiro atoms. The van der Waals surface area contributed by atoms with Gasteiger partial charge in [0.05, 0.1) is 17.3 Å². The highest BCUT2D eigenvalue weighted by atomic mass is 127. The number of ether oxygens (including phenoxy) is 2. The molecule has 1 amide bonds. The van der Waals surface area contributed by atoms with Gasteiger partial charge in [0.25, 0.3) is 5.91 Å². The first kappa shape index (κ1) is 17.5. The average Bonchev–Trinajstić information content (AvgIpc) is 2.55. The largest absolute Gasteiger partial charge is 0.493 e. The Labute approximate surface area is 148 Å². The van der Waals surface area contributed by atoms with Crippen LogP contribution >= 0.6 is 22.6 Å². The van der Waals surface area contributed by atoms with Crippen LogP contribution in [0, 0.1) is 9.39 Å². The topological polar surface area (TPSA) is 47.6 Å². The monoisotopic (exact) mass is 429 g/mol. The smallest absolute Gasteiger partial charge is 0.255 e. The molecule has 4 nitrogen and oxygen atoms in total. The summed E-state index contributed by atoms with van der Waals surface area (Å²) < 4.78 is 24.7. The predicted molar refractivity (Wildman–Crippen MR) is 95.9 cm³/mol. The van der Waals surface area contributed by atoms with Crippen molar-refractivity contribution in [1.29, 1.82) is 0 Å². The van der Waals surface area contributed by atoms with Gasteiger partial charge >= 0.3 is 0 Å². The van der Waals surface area contributed by atoms with Gasteiger partial charge in [-0.1, -0.05) is 6.92 Å². The third kappa shape index (κ3) is 4.57. The SMILES string of the molecule is CCCOc1c(I)cc(C(=O)Nc2ccc(F)cc2)cc1OC. The predicted octanol–water partition coefficient (Wildman–Crippen LogP) is 4.48. The van der Waals surface area contributed by atoms with Crippen molar-refractivity contribution in [3.05, 3.63) is 51.3 Å². The lowest BCUT2D eigenvalue weighted by Crippen LogP contribution is -2.13. The molecule has 0 saturated carbocycles. The van der Waals surface area contributed by atoms with E-state index in [2.05, 4.69) is 27.9 Å². The number of carbonyl (C=O) groups excluding carboxylic acids is 1. The van der Waals surface area contributed by atoms with E-state index in [9.17, 15) is 9.18 Å². The minimum absolute atomic E-state index is 0.296. The molecule has 122 valence electrons. The van der Waals surface area contributed by atoms with Gasteiger partial charge in [-0.2, -0.15) is 0 Å². The van der Waals surface area contributed by atoms with Crippen molar-refractivity contribution in [2.75, 3.05) is 19.0 Å². The molecule has 0 bridgehead atoms. The standard InChI is InChI=1S/C17H17FINO3/c1-3-8-23-16-14(19)9-11(10-15(16)22-2)17(21)20-13-6-4-12(18)5-7-13/h4-7,9-10H,3,8H2,1-2H3,(H,20,21). The lowest BCUT2D eigenvalue weighted by molar-refractivity contribution is 0.102. The van der Waals surface area contributed by atoms with E-state index >= 15 is 0 Å². The van der Waals surface area contributed by atoms with E-state index in [-0.39, 0.29) is 11.7 Å². The minimum atomic E-state index is -0.350. The number of hydrogen-bond donors (Lipinski definition) is 1. The molecule has 0 fully saturated rings. The summed E-state index contributed by atoms with van der Waals surface area (Å²) in [7, 11) is 1.53. The fourth-order valence-corrected chi connectivity index (χ4v) is 2.69. The molecular formula is C17H17FINO3. The van der Waals surface area contributed by atoms with Crippen LogP contribution in [0.3, 0.4) is 0 Å². The molecule has 0 aliphatic heterocycles. The van der Waals surface area contributed by atoms with Crippen molar-refractivity contribution in [3.63, 3.8) is 0 Å². The number of nitrogens with one attached hydrogen (secondary N) is 1. The van der Waals surface area contributed by atoms with Gasteiger partial charge in [0.15, 0.2) is 11.5 Å². The van der Waals surface area contributed by atoms with Gasteiger partial charge in [-0.15, -0.1) is 0 Å². The Morgan fingerprint density at radius 1 is 1.26 bits per heavy atom. The summed E-state index contributed by atoms with van der Waals surface area (Å²) in [5, 5.41) is 2.72. The van der Waals surface area contributed by atoms with Crippen LogP contribution in [0.5, 0.6) is 11.5 Å². The van der Waals surface area contributed by atoms with Crippen molar-refractivity contribution in [2.24, 2.45) is 0 Å². The Balaban J connectivity index is 2.23. The van der Waals surface area contributed by atoms with E-state index in [0.29, 0.717) is 29.4 Å². The lowest BCUT2D eigenvalue weighted by atomic mass is 10.1. The number of carbonyl (C=O) groups is 1. The summed E-state index contributed by atoms with van der Waals surface area (Å²) in [4.78, 5) is 12.3. The molecule has 0 aromatic heterocycles. The van der Waals surface area contributed by atoms with E-state index in [1.54, 1.807) is 12.1 Å². The van der Waals surface area contributed by atoms with Crippen LogP contribution < -0.4 is 14.8 Å². The molecule has 2 rings (SSSR count). The van der Waals surface area contributed by atoms with Crippen molar-refractivity contribution in [1.82, 2.24) is 0 Å². The number of hydrogen-bond acceptors (Lipinski definition) is 3. The van der Waals surface area contributed by atoms with Crippen LogP contribution in [0.1, 0.15) is 23.7 Å². The zero-order valence-corrected chi connectivity index (χ0v) is 15.0. The van der Waals surface area contributed by atoms with Gasteiger partial charge in [0.1, 0.15) is 5.82 Å². The maximum atomic E-state index is 12.9. The Morgan fingerprint density at radius 3 is 2.57 bits per heavy atom. The van der Waals surface area contributed by atoms with E-state index in [1.807, 2.05) is 6.92 Å². The van der Waals surface area contributed by atoms with Crippen LogP contribution in [0.4, 0.5) is 10.1 Å². The first-order valence-corrected chi connectivity index (χ1v) is 8.20. The van der Waals surface area contributed by atoms with Crippen molar-refractivity contribution >= 4 is 34.2 Å². The summed E-state index contributed by atoms with van der Waals surface area (Å²) in [6, 6.07) is 8.96. The molecule has 0 radical (unpaired) electrons. The maximum Gasteiger partial charge on any atom is 0.255 e. The number of halogens is 2. The van der Waals surface area contributed by atoms with Gasteiger partial charge < -0.3 is 14.8 Å². The first-order valence-electron chi connectivity index (χ1n) is 7.12. The number of amides is 1. The number of rotatable bonds is 6. The quantitative estimate of drug-likeness (QED) is 0.689. The second-order valence-electron chi connectivity index (χ2n) is 4.80. The molecule has 0 heterocycles. The second kappa shape index (κ2) is 8.14. The molecule has 1 N–H and O–H groups in total. The molecule has 0 aliphatic rings. The normalized spacial score (nSPS) is 10.3. The van der Waals surface area contributed by atoms with Crippen LogP contribution in [0.15, 0.2) is 36.4 Å². The van der Waals surface area contributed by atoms with Crippen LogP contribution in [0.25, 0.3) is 0 Å². The molecule has 6 heteroatoms. The highest BCUT2D eigenvalue weighted by molar-refractivity contribution is 14.1. The third-order valence-electron chi connectivity index (χ3n) is 3.04. The molecule has 2 aromatic carbocycles. The van der Waals surface area contributed by atoms with E-state index < -0.39 is 0 Å². The van der Waals surface area contributed by atoms with Crippen molar-refractivity contribution in [2.45, 2.75) is 13.3 Å². The fourth-order valence-electron chi connectivity index (χ4n) is 1.93.